The Bertz CT molecular complexity index is 499. The minimum atomic E-state index is -0.485. The van der Waals surface area contributed by atoms with Gasteiger partial charge in [-0.05, 0) is 36.4 Å². The maximum absolute atomic E-state index is 11.2. The number of rotatable bonds is 2. The maximum Gasteiger partial charge on any atom is 0.373 e. The molecule has 4 nitrogen and oxygen atoms in total. The number of hydrogen-bond acceptors (Lipinski definition) is 4. The van der Waals surface area contributed by atoms with Gasteiger partial charge in [0.2, 0.25) is 5.76 Å². The Morgan fingerprint density at radius 3 is 2.50 bits per heavy atom. The molecular weight excluding hydrogens is 206 g/mol. The first kappa shape index (κ1) is 10.3. The minimum absolute atomic E-state index is 0.189. The van der Waals surface area contributed by atoms with Gasteiger partial charge in [0, 0.05) is 11.3 Å². The van der Waals surface area contributed by atoms with Gasteiger partial charge in [-0.2, -0.15) is 0 Å². The molecule has 0 bridgehead atoms. The van der Waals surface area contributed by atoms with Crippen LogP contribution in [0.5, 0.6) is 0 Å². The van der Waals surface area contributed by atoms with Crippen LogP contribution in [0.15, 0.2) is 40.8 Å². The molecule has 16 heavy (non-hydrogen) atoms. The van der Waals surface area contributed by atoms with E-state index < -0.39 is 5.97 Å². The molecule has 2 aromatic rings. The van der Waals surface area contributed by atoms with Crippen molar-refractivity contribution < 1.29 is 13.9 Å². The zero-order valence-electron chi connectivity index (χ0n) is 8.77. The van der Waals surface area contributed by atoms with Crippen LogP contribution in [0.4, 0.5) is 5.69 Å². The van der Waals surface area contributed by atoms with Crippen molar-refractivity contribution in [3.63, 3.8) is 0 Å². The van der Waals surface area contributed by atoms with Gasteiger partial charge in [-0.25, -0.2) is 4.79 Å². The van der Waals surface area contributed by atoms with Crippen molar-refractivity contribution in [3.8, 4) is 11.3 Å². The lowest BCUT2D eigenvalue weighted by Gasteiger charge is -1.97. The molecule has 0 unspecified atom stereocenters. The number of hydrogen-bond donors (Lipinski definition) is 1. The standard InChI is InChI=1S/C12H11NO3/c1-15-12(14)11-7-6-10(16-11)8-2-4-9(13)5-3-8/h2-7H,13H2,1H3. The first-order valence-electron chi connectivity index (χ1n) is 4.75. The van der Waals surface area contributed by atoms with E-state index in [1.807, 2.05) is 12.1 Å². The van der Waals surface area contributed by atoms with E-state index in [1.54, 1.807) is 24.3 Å². The fraction of sp³-hybridized carbons (Fsp3) is 0.0833. The molecule has 1 aromatic heterocycles. The van der Waals surface area contributed by atoms with E-state index in [2.05, 4.69) is 4.74 Å². The molecule has 1 heterocycles. The van der Waals surface area contributed by atoms with E-state index in [9.17, 15) is 4.79 Å². The van der Waals surface area contributed by atoms with Crippen LogP contribution in [0, 0.1) is 0 Å². The summed E-state index contributed by atoms with van der Waals surface area (Å²) in [7, 11) is 1.31. The van der Waals surface area contributed by atoms with Crippen molar-refractivity contribution in [1.29, 1.82) is 0 Å². The summed E-state index contributed by atoms with van der Waals surface area (Å²) in [5.74, 6) is 0.316. The van der Waals surface area contributed by atoms with E-state index in [4.69, 9.17) is 10.2 Å². The van der Waals surface area contributed by atoms with Crippen LogP contribution in [0.1, 0.15) is 10.6 Å². The molecule has 0 radical (unpaired) electrons. The number of benzene rings is 1. The molecule has 0 saturated heterocycles. The van der Waals surface area contributed by atoms with Crippen molar-refractivity contribution in [3.05, 3.63) is 42.2 Å². The molecule has 0 aliphatic heterocycles. The van der Waals surface area contributed by atoms with E-state index >= 15 is 0 Å². The van der Waals surface area contributed by atoms with Crippen LogP contribution in [0.25, 0.3) is 11.3 Å². The second-order valence-electron chi connectivity index (χ2n) is 3.28. The van der Waals surface area contributed by atoms with E-state index in [1.165, 1.54) is 7.11 Å². The zero-order valence-corrected chi connectivity index (χ0v) is 8.77. The normalized spacial score (nSPS) is 10.1. The molecule has 0 aliphatic carbocycles. The van der Waals surface area contributed by atoms with Crippen molar-refractivity contribution in [2.45, 2.75) is 0 Å². The molecule has 0 atom stereocenters. The summed E-state index contributed by atoms with van der Waals surface area (Å²) in [5, 5.41) is 0. The molecular formula is C12H11NO3. The smallest absolute Gasteiger partial charge is 0.373 e. The predicted octanol–water partition coefficient (Wildman–Crippen LogP) is 2.32. The highest BCUT2D eigenvalue weighted by atomic mass is 16.5. The highest BCUT2D eigenvalue weighted by Crippen LogP contribution is 2.23. The SMILES string of the molecule is COC(=O)c1ccc(-c2ccc(N)cc2)o1. The van der Waals surface area contributed by atoms with Crippen LogP contribution in [0.2, 0.25) is 0 Å². The van der Waals surface area contributed by atoms with E-state index in [-0.39, 0.29) is 5.76 Å². The molecule has 0 aliphatic rings. The van der Waals surface area contributed by atoms with Crippen molar-refractivity contribution in [1.82, 2.24) is 0 Å². The molecule has 0 fully saturated rings. The van der Waals surface area contributed by atoms with Crippen LogP contribution < -0.4 is 5.73 Å². The molecule has 4 heteroatoms. The lowest BCUT2D eigenvalue weighted by molar-refractivity contribution is 0.0566. The number of anilines is 1. The summed E-state index contributed by atoms with van der Waals surface area (Å²) in [6.07, 6.45) is 0. The number of nitrogens with two attached hydrogens (primary N) is 1. The zero-order chi connectivity index (χ0) is 11.5. The van der Waals surface area contributed by atoms with Gasteiger partial charge in [0.15, 0.2) is 0 Å². The fourth-order valence-electron chi connectivity index (χ4n) is 1.35. The Kier molecular flexibility index (Phi) is 2.64. The lowest BCUT2D eigenvalue weighted by Crippen LogP contribution is -1.98. The minimum Gasteiger partial charge on any atom is -0.463 e. The van der Waals surface area contributed by atoms with Gasteiger partial charge in [0.1, 0.15) is 5.76 Å². The maximum atomic E-state index is 11.2. The summed E-state index contributed by atoms with van der Waals surface area (Å²) >= 11 is 0. The number of carbonyl (C=O) groups is 1. The number of nitrogen functional groups attached to an aromatic ring is 1. The topological polar surface area (TPSA) is 65.5 Å². The third-order valence-corrected chi connectivity index (χ3v) is 2.19. The van der Waals surface area contributed by atoms with E-state index in [0.29, 0.717) is 11.4 Å². The Morgan fingerprint density at radius 1 is 1.19 bits per heavy atom. The van der Waals surface area contributed by atoms with Crippen LogP contribution >= 0.6 is 0 Å². The third-order valence-electron chi connectivity index (χ3n) is 2.19. The average molecular weight is 217 g/mol. The highest BCUT2D eigenvalue weighted by Gasteiger charge is 2.11. The summed E-state index contributed by atoms with van der Waals surface area (Å²) in [4.78, 5) is 11.2. The predicted molar refractivity (Wildman–Crippen MR) is 59.9 cm³/mol. The summed E-state index contributed by atoms with van der Waals surface area (Å²) in [5.41, 5.74) is 7.12. The van der Waals surface area contributed by atoms with Crippen molar-refractivity contribution in [2.75, 3.05) is 12.8 Å². The van der Waals surface area contributed by atoms with E-state index in [0.717, 1.165) is 5.56 Å². The molecule has 0 spiro atoms. The van der Waals surface area contributed by atoms with Gasteiger partial charge in [-0.3, -0.25) is 0 Å². The quantitative estimate of drug-likeness (QED) is 0.619. The van der Waals surface area contributed by atoms with Gasteiger partial charge in [-0.1, -0.05) is 0 Å². The molecule has 2 rings (SSSR count). The molecule has 2 N–H and O–H groups in total. The number of methoxy groups -OCH3 is 1. The number of esters is 1. The van der Waals surface area contributed by atoms with Crippen LogP contribution in [-0.2, 0) is 4.74 Å². The summed E-state index contributed by atoms with van der Waals surface area (Å²) in [6, 6.07) is 10.5. The lowest BCUT2D eigenvalue weighted by atomic mass is 10.1. The van der Waals surface area contributed by atoms with Gasteiger partial charge in [0.25, 0.3) is 0 Å². The van der Waals surface area contributed by atoms with Gasteiger partial charge < -0.3 is 14.9 Å². The van der Waals surface area contributed by atoms with Gasteiger partial charge >= 0.3 is 5.97 Å². The Morgan fingerprint density at radius 2 is 1.88 bits per heavy atom. The highest BCUT2D eigenvalue weighted by molar-refractivity contribution is 5.87. The first-order chi connectivity index (χ1) is 7.70. The largest absolute Gasteiger partial charge is 0.463 e. The average Bonchev–Trinajstić information content (AvgIpc) is 2.78. The molecule has 82 valence electrons. The number of furan rings is 1. The monoisotopic (exact) mass is 217 g/mol. The summed E-state index contributed by atoms with van der Waals surface area (Å²) < 4.78 is 9.90. The molecule has 0 amide bonds. The van der Waals surface area contributed by atoms with Gasteiger partial charge in [-0.15, -0.1) is 0 Å². The second-order valence-corrected chi connectivity index (χ2v) is 3.28. The van der Waals surface area contributed by atoms with Crippen molar-refractivity contribution in [2.24, 2.45) is 0 Å². The molecule has 0 saturated carbocycles. The third kappa shape index (κ3) is 1.91. The molecule has 1 aromatic carbocycles. The van der Waals surface area contributed by atoms with Crippen LogP contribution in [0.3, 0.4) is 0 Å². The Hall–Kier alpha value is -2.23. The first-order valence-corrected chi connectivity index (χ1v) is 4.75. The number of ether oxygens (including phenoxy) is 1. The Balaban J connectivity index is 2.31. The summed E-state index contributed by atoms with van der Waals surface area (Å²) in [6.45, 7) is 0. The van der Waals surface area contributed by atoms with Crippen LogP contribution in [-0.4, -0.2) is 13.1 Å². The van der Waals surface area contributed by atoms with Crippen molar-refractivity contribution >= 4 is 11.7 Å². The van der Waals surface area contributed by atoms with Gasteiger partial charge in [0.05, 0.1) is 7.11 Å². The second kappa shape index (κ2) is 4.10. The fourth-order valence-corrected chi connectivity index (χ4v) is 1.35. The number of carbonyl (C=O) groups excluding carboxylic acids is 1. The Labute approximate surface area is 92.6 Å².